The Morgan fingerprint density at radius 3 is 2.96 bits per heavy atom. The molecule has 1 aliphatic carbocycles. The number of rotatable bonds is 2. The first-order valence-electron chi connectivity index (χ1n) is 8.83. The van der Waals surface area contributed by atoms with Gasteiger partial charge in [0, 0.05) is 37.2 Å². The summed E-state index contributed by atoms with van der Waals surface area (Å²) in [4.78, 5) is 6.93. The molecule has 0 radical (unpaired) electrons. The van der Waals surface area contributed by atoms with Gasteiger partial charge in [-0.05, 0) is 30.5 Å². The monoisotopic (exact) mass is 342 g/mol. The fourth-order valence-electron chi connectivity index (χ4n) is 3.79. The molecule has 0 aromatic heterocycles. The molecule has 128 valence electrons. The van der Waals surface area contributed by atoms with Crippen molar-refractivity contribution < 1.29 is 0 Å². The second kappa shape index (κ2) is 7.94. The first-order chi connectivity index (χ1) is 11.7. The van der Waals surface area contributed by atoms with Gasteiger partial charge in [0.1, 0.15) is 0 Å². The Kier molecular flexibility index (Phi) is 5.68. The Labute approximate surface area is 149 Å². The van der Waals surface area contributed by atoms with Gasteiger partial charge in [0.25, 0.3) is 0 Å². The lowest BCUT2D eigenvalue weighted by Crippen LogP contribution is -2.53. The SMILES string of the molecule is CN=C(NCc1cccc(C#N)c1)N1CCSC2(CCCCC2)C1. The predicted molar refractivity (Wildman–Crippen MR) is 101 cm³/mol. The van der Waals surface area contributed by atoms with Crippen LogP contribution >= 0.6 is 11.8 Å². The standard InChI is InChI=1S/C19H26N4S/c1-21-18(22-14-17-7-5-6-16(12-17)13-20)23-10-11-24-19(15-23)8-3-2-4-9-19/h5-7,12H,2-4,8-11,14-15H2,1H3,(H,21,22). The van der Waals surface area contributed by atoms with Crippen molar-refractivity contribution in [3.05, 3.63) is 35.4 Å². The number of guanidine groups is 1. The molecule has 0 bridgehead atoms. The molecule has 2 fully saturated rings. The summed E-state index contributed by atoms with van der Waals surface area (Å²) in [6.45, 7) is 2.87. The molecular weight excluding hydrogens is 316 g/mol. The van der Waals surface area contributed by atoms with Crippen molar-refractivity contribution in [3.8, 4) is 6.07 Å². The largest absolute Gasteiger partial charge is 0.352 e. The van der Waals surface area contributed by atoms with Crippen LogP contribution in [0, 0.1) is 11.3 Å². The smallest absolute Gasteiger partial charge is 0.193 e. The van der Waals surface area contributed by atoms with E-state index in [-0.39, 0.29) is 0 Å². The zero-order valence-electron chi connectivity index (χ0n) is 14.4. The summed E-state index contributed by atoms with van der Waals surface area (Å²) in [5, 5.41) is 12.5. The van der Waals surface area contributed by atoms with E-state index in [1.54, 1.807) is 0 Å². The van der Waals surface area contributed by atoms with Crippen LogP contribution < -0.4 is 5.32 Å². The molecule has 1 saturated carbocycles. The minimum atomic E-state index is 0.439. The third-order valence-corrected chi connectivity index (χ3v) is 6.57. The van der Waals surface area contributed by atoms with E-state index in [2.05, 4.69) is 39.1 Å². The highest BCUT2D eigenvalue weighted by Crippen LogP contribution is 2.42. The summed E-state index contributed by atoms with van der Waals surface area (Å²) in [5.74, 6) is 2.17. The van der Waals surface area contributed by atoms with Gasteiger partial charge >= 0.3 is 0 Å². The van der Waals surface area contributed by atoms with Crippen molar-refractivity contribution in [2.45, 2.75) is 43.4 Å². The van der Waals surface area contributed by atoms with E-state index in [1.165, 1.54) is 37.9 Å². The first kappa shape index (κ1) is 17.2. The van der Waals surface area contributed by atoms with E-state index in [0.29, 0.717) is 16.9 Å². The fraction of sp³-hybridized carbons (Fsp3) is 0.579. The van der Waals surface area contributed by atoms with Gasteiger partial charge in [-0.3, -0.25) is 4.99 Å². The van der Waals surface area contributed by atoms with Crippen molar-refractivity contribution in [1.29, 1.82) is 5.26 Å². The zero-order valence-corrected chi connectivity index (χ0v) is 15.2. The molecule has 1 aromatic carbocycles. The van der Waals surface area contributed by atoms with Crippen molar-refractivity contribution in [2.75, 3.05) is 25.9 Å². The zero-order chi connectivity index (χ0) is 16.8. The molecule has 4 nitrogen and oxygen atoms in total. The Bertz CT molecular complexity index is 623. The van der Waals surface area contributed by atoms with Crippen LogP contribution in [0.5, 0.6) is 0 Å². The van der Waals surface area contributed by atoms with Crippen LogP contribution in [0.1, 0.15) is 43.2 Å². The second-order valence-electron chi connectivity index (χ2n) is 6.73. The molecule has 2 aliphatic rings. The van der Waals surface area contributed by atoms with Gasteiger partial charge in [0.15, 0.2) is 5.96 Å². The quantitative estimate of drug-likeness (QED) is 0.661. The molecule has 5 heteroatoms. The Morgan fingerprint density at radius 2 is 2.21 bits per heavy atom. The molecule has 1 saturated heterocycles. The third kappa shape index (κ3) is 4.05. The number of hydrogen-bond donors (Lipinski definition) is 1. The van der Waals surface area contributed by atoms with Gasteiger partial charge in [-0.15, -0.1) is 0 Å². The molecule has 1 N–H and O–H groups in total. The average Bonchev–Trinajstić information content (AvgIpc) is 2.63. The average molecular weight is 343 g/mol. The number of hydrogen-bond acceptors (Lipinski definition) is 3. The second-order valence-corrected chi connectivity index (χ2v) is 8.29. The maximum atomic E-state index is 9.03. The van der Waals surface area contributed by atoms with Crippen LogP contribution in [0.2, 0.25) is 0 Å². The van der Waals surface area contributed by atoms with Gasteiger partial charge in [-0.2, -0.15) is 17.0 Å². The highest BCUT2D eigenvalue weighted by atomic mass is 32.2. The predicted octanol–water partition coefficient (Wildman–Crippen LogP) is 3.39. The molecular formula is C19H26N4S. The summed E-state index contributed by atoms with van der Waals surface area (Å²) in [6.07, 6.45) is 6.82. The van der Waals surface area contributed by atoms with Crippen LogP contribution in [0.3, 0.4) is 0 Å². The summed E-state index contributed by atoms with van der Waals surface area (Å²) in [7, 11) is 1.86. The topological polar surface area (TPSA) is 51.4 Å². The van der Waals surface area contributed by atoms with Crippen molar-refractivity contribution >= 4 is 17.7 Å². The molecule has 1 spiro atoms. The Morgan fingerprint density at radius 1 is 1.38 bits per heavy atom. The lowest BCUT2D eigenvalue weighted by molar-refractivity contribution is 0.293. The maximum Gasteiger partial charge on any atom is 0.193 e. The van der Waals surface area contributed by atoms with Gasteiger partial charge in [-0.1, -0.05) is 31.4 Å². The van der Waals surface area contributed by atoms with Crippen molar-refractivity contribution in [3.63, 3.8) is 0 Å². The van der Waals surface area contributed by atoms with Crippen LogP contribution in [-0.4, -0.2) is 41.5 Å². The van der Waals surface area contributed by atoms with E-state index >= 15 is 0 Å². The van der Waals surface area contributed by atoms with Gasteiger partial charge < -0.3 is 10.2 Å². The van der Waals surface area contributed by atoms with Crippen molar-refractivity contribution in [2.24, 2.45) is 4.99 Å². The van der Waals surface area contributed by atoms with Crippen LogP contribution in [0.25, 0.3) is 0 Å². The number of nitrogens with one attached hydrogen (secondary N) is 1. The van der Waals surface area contributed by atoms with Gasteiger partial charge in [0.05, 0.1) is 11.6 Å². The minimum absolute atomic E-state index is 0.439. The normalized spacial score (nSPS) is 20.7. The lowest BCUT2D eigenvalue weighted by Gasteiger charge is -2.45. The minimum Gasteiger partial charge on any atom is -0.352 e. The number of benzene rings is 1. The Balaban J connectivity index is 1.62. The van der Waals surface area contributed by atoms with Crippen LogP contribution in [-0.2, 0) is 6.54 Å². The van der Waals surface area contributed by atoms with E-state index in [4.69, 9.17) is 5.26 Å². The van der Waals surface area contributed by atoms with Crippen molar-refractivity contribution in [1.82, 2.24) is 10.2 Å². The summed E-state index contributed by atoms with van der Waals surface area (Å²) >= 11 is 2.18. The summed E-state index contributed by atoms with van der Waals surface area (Å²) < 4.78 is 0.439. The van der Waals surface area contributed by atoms with E-state index in [9.17, 15) is 0 Å². The molecule has 0 amide bonds. The highest BCUT2D eigenvalue weighted by Gasteiger charge is 2.38. The molecule has 1 aliphatic heterocycles. The number of nitrogens with zero attached hydrogens (tertiary/aromatic N) is 3. The van der Waals surface area contributed by atoms with E-state index in [0.717, 1.165) is 24.6 Å². The molecule has 1 heterocycles. The summed E-state index contributed by atoms with van der Waals surface area (Å²) in [5.41, 5.74) is 1.83. The number of aliphatic imine (C=N–C) groups is 1. The number of nitriles is 1. The summed E-state index contributed by atoms with van der Waals surface area (Å²) in [6, 6.07) is 9.97. The fourth-order valence-corrected chi connectivity index (χ4v) is 5.36. The van der Waals surface area contributed by atoms with E-state index in [1.807, 2.05) is 25.2 Å². The third-order valence-electron chi connectivity index (χ3n) is 5.03. The Hall–Kier alpha value is -1.67. The lowest BCUT2D eigenvalue weighted by atomic mass is 9.87. The molecule has 1 aromatic rings. The maximum absolute atomic E-state index is 9.03. The molecule has 3 rings (SSSR count). The van der Waals surface area contributed by atoms with Gasteiger partial charge in [0.2, 0.25) is 0 Å². The molecule has 24 heavy (non-hydrogen) atoms. The number of thioether (sulfide) groups is 1. The van der Waals surface area contributed by atoms with Gasteiger partial charge in [-0.25, -0.2) is 0 Å². The van der Waals surface area contributed by atoms with Crippen LogP contribution in [0.15, 0.2) is 29.3 Å². The highest BCUT2D eigenvalue weighted by molar-refractivity contribution is 8.00. The molecule has 0 atom stereocenters. The van der Waals surface area contributed by atoms with Crippen LogP contribution in [0.4, 0.5) is 0 Å². The molecule has 0 unspecified atom stereocenters. The van der Waals surface area contributed by atoms with E-state index < -0.39 is 0 Å². The first-order valence-corrected chi connectivity index (χ1v) is 9.82.